The molecular weight excluding hydrogens is 390 g/mol. The summed E-state index contributed by atoms with van der Waals surface area (Å²) in [7, 11) is 0. The van der Waals surface area contributed by atoms with Gasteiger partial charge < -0.3 is 9.64 Å². The van der Waals surface area contributed by atoms with Crippen molar-refractivity contribution in [3.8, 4) is 0 Å². The molecule has 2 aromatic rings. The molecule has 1 aliphatic heterocycles. The number of hydrogen-bond acceptors (Lipinski definition) is 4. The van der Waals surface area contributed by atoms with E-state index < -0.39 is 23.0 Å². The molecule has 0 spiro atoms. The molecule has 0 radical (unpaired) electrons. The van der Waals surface area contributed by atoms with E-state index in [0.717, 1.165) is 11.6 Å². The Morgan fingerprint density at radius 3 is 2.67 bits per heavy atom. The summed E-state index contributed by atoms with van der Waals surface area (Å²) in [6, 6.07) is 7.08. The van der Waals surface area contributed by atoms with E-state index in [2.05, 4.69) is 4.98 Å². The minimum atomic E-state index is -1.04. The number of halogens is 2. The van der Waals surface area contributed by atoms with Gasteiger partial charge in [0.2, 0.25) is 5.91 Å². The predicted octanol–water partition coefficient (Wildman–Crippen LogP) is 3.71. The highest BCUT2D eigenvalue weighted by molar-refractivity contribution is 5.81. The minimum absolute atomic E-state index is 0.0558. The molecule has 1 aromatic heterocycles. The van der Waals surface area contributed by atoms with Crippen molar-refractivity contribution in [2.45, 2.75) is 39.0 Å². The number of ether oxygens (including phenoxy) is 1. The first-order valence-electron chi connectivity index (χ1n) is 10.2. The molecule has 1 unspecified atom stereocenters. The van der Waals surface area contributed by atoms with E-state index in [1.165, 1.54) is 12.1 Å². The molecular formula is C23H26F2N2O3. The second-order valence-electron chi connectivity index (χ2n) is 7.69. The molecule has 1 aromatic carbocycles. The van der Waals surface area contributed by atoms with Gasteiger partial charge in [-0.2, -0.15) is 0 Å². The van der Waals surface area contributed by atoms with Gasteiger partial charge in [-0.25, -0.2) is 8.78 Å². The number of piperidine rings is 1. The number of aromatic nitrogens is 1. The number of benzene rings is 1. The number of hydrogen-bond donors (Lipinski definition) is 0. The van der Waals surface area contributed by atoms with Gasteiger partial charge in [0.15, 0.2) is 0 Å². The van der Waals surface area contributed by atoms with Crippen molar-refractivity contribution in [2.75, 3.05) is 19.7 Å². The normalized spacial score (nSPS) is 18.8. The summed E-state index contributed by atoms with van der Waals surface area (Å²) in [4.78, 5) is 31.4. The monoisotopic (exact) mass is 416 g/mol. The van der Waals surface area contributed by atoms with Crippen LogP contribution in [-0.2, 0) is 27.2 Å². The van der Waals surface area contributed by atoms with Gasteiger partial charge in [-0.3, -0.25) is 14.6 Å². The van der Waals surface area contributed by atoms with E-state index in [1.807, 2.05) is 12.1 Å². The van der Waals surface area contributed by atoms with Crippen LogP contribution in [0.15, 0.2) is 42.7 Å². The minimum Gasteiger partial charge on any atom is -0.466 e. The molecule has 0 bridgehead atoms. The number of pyridine rings is 1. The van der Waals surface area contributed by atoms with Gasteiger partial charge in [-0.05, 0) is 61.9 Å². The Balaban J connectivity index is 1.76. The summed E-state index contributed by atoms with van der Waals surface area (Å²) in [5.74, 6) is -1.86. The molecule has 0 saturated carbocycles. The maximum atomic E-state index is 14.3. The van der Waals surface area contributed by atoms with Crippen LogP contribution in [0.4, 0.5) is 8.78 Å². The molecule has 160 valence electrons. The van der Waals surface area contributed by atoms with Gasteiger partial charge in [-0.1, -0.05) is 6.07 Å². The Kier molecular flexibility index (Phi) is 7.13. The van der Waals surface area contributed by atoms with E-state index in [4.69, 9.17) is 4.74 Å². The Morgan fingerprint density at radius 2 is 1.97 bits per heavy atom. The molecule has 1 saturated heterocycles. The third-order valence-electron chi connectivity index (χ3n) is 5.56. The predicted molar refractivity (Wildman–Crippen MR) is 108 cm³/mol. The van der Waals surface area contributed by atoms with E-state index in [9.17, 15) is 18.4 Å². The molecule has 7 heteroatoms. The Labute approximate surface area is 175 Å². The third-order valence-corrected chi connectivity index (χ3v) is 5.56. The molecule has 30 heavy (non-hydrogen) atoms. The van der Waals surface area contributed by atoms with Gasteiger partial charge in [0.1, 0.15) is 11.6 Å². The Hall–Kier alpha value is -2.83. The van der Waals surface area contributed by atoms with Crippen molar-refractivity contribution >= 4 is 11.9 Å². The van der Waals surface area contributed by atoms with E-state index in [1.54, 1.807) is 24.2 Å². The van der Waals surface area contributed by atoms with Crippen molar-refractivity contribution in [3.63, 3.8) is 0 Å². The highest BCUT2D eigenvalue weighted by Gasteiger charge is 2.45. The van der Waals surface area contributed by atoms with Crippen LogP contribution in [0.3, 0.4) is 0 Å². The maximum Gasteiger partial charge on any atom is 0.314 e. The van der Waals surface area contributed by atoms with Crippen LogP contribution in [-0.4, -0.2) is 41.5 Å². The van der Waals surface area contributed by atoms with Crippen LogP contribution in [0.1, 0.15) is 37.3 Å². The molecule has 1 amide bonds. The first kappa shape index (κ1) is 21.9. The first-order valence-corrected chi connectivity index (χ1v) is 10.2. The summed E-state index contributed by atoms with van der Waals surface area (Å²) >= 11 is 0. The van der Waals surface area contributed by atoms with Crippen LogP contribution in [0, 0.1) is 17.0 Å². The number of likely N-dealkylation sites (tertiary alicyclic amines) is 1. The molecule has 5 nitrogen and oxygen atoms in total. The second-order valence-corrected chi connectivity index (χ2v) is 7.69. The van der Waals surface area contributed by atoms with Crippen LogP contribution < -0.4 is 0 Å². The van der Waals surface area contributed by atoms with Crippen molar-refractivity contribution in [1.82, 2.24) is 9.88 Å². The van der Waals surface area contributed by atoms with E-state index in [0.29, 0.717) is 32.2 Å². The fourth-order valence-electron chi connectivity index (χ4n) is 4.00. The number of carbonyl (C=O) groups is 2. The Bertz CT molecular complexity index is 891. The third kappa shape index (κ3) is 5.20. The van der Waals surface area contributed by atoms with Gasteiger partial charge >= 0.3 is 5.97 Å². The number of rotatable bonds is 7. The Morgan fingerprint density at radius 1 is 1.20 bits per heavy atom. The zero-order valence-electron chi connectivity index (χ0n) is 17.1. The van der Waals surface area contributed by atoms with Crippen LogP contribution in [0.2, 0.25) is 0 Å². The smallest absolute Gasteiger partial charge is 0.314 e. The summed E-state index contributed by atoms with van der Waals surface area (Å²) in [5, 5.41) is 0. The SMILES string of the molecule is CCOC(=O)C1(Cc2ccc(F)cc2F)CCCN(C(=O)CCc2ccncc2)C1. The average Bonchev–Trinajstić information content (AvgIpc) is 2.75. The fourth-order valence-corrected chi connectivity index (χ4v) is 4.00. The molecule has 1 atom stereocenters. The van der Waals surface area contributed by atoms with Crippen molar-refractivity contribution < 1.29 is 23.1 Å². The van der Waals surface area contributed by atoms with Crippen molar-refractivity contribution in [1.29, 1.82) is 0 Å². The lowest BCUT2D eigenvalue weighted by Gasteiger charge is -2.41. The van der Waals surface area contributed by atoms with Gasteiger partial charge in [0.05, 0.1) is 12.0 Å². The summed E-state index contributed by atoms with van der Waals surface area (Å²) < 4.78 is 32.9. The molecule has 2 heterocycles. The fraction of sp³-hybridized carbons (Fsp3) is 0.435. The lowest BCUT2D eigenvalue weighted by molar-refractivity contribution is -0.160. The maximum absolute atomic E-state index is 14.3. The largest absolute Gasteiger partial charge is 0.466 e. The number of esters is 1. The highest BCUT2D eigenvalue weighted by Crippen LogP contribution is 2.36. The molecule has 1 aliphatic rings. The second kappa shape index (κ2) is 9.78. The van der Waals surface area contributed by atoms with Gasteiger partial charge in [0.25, 0.3) is 0 Å². The van der Waals surface area contributed by atoms with Crippen LogP contribution in [0.25, 0.3) is 0 Å². The standard InChI is InChI=1S/C23H26F2N2O3/c1-2-30-22(29)23(15-18-5-6-19(24)14-20(18)25)10-3-13-27(16-23)21(28)7-4-17-8-11-26-12-9-17/h5-6,8-9,11-12,14H,2-4,7,10,13,15-16H2,1H3. The molecule has 1 fully saturated rings. The lowest BCUT2D eigenvalue weighted by atomic mass is 9.74. The first-order chi connectivity index (χ1) is 14.4. The van der Waals surface area contributed by atoms with Gasteiger partial charge in [0, 0.05) is 38.0 Å². The highest BCUT2D eigenvalue weighted by atomic mass is 19.1. The lowest BCUT2D eigenvalue weighted by Crippen LogP contribution is -2.51. The summed E-state index contributed by atoms with van der Waals surface area (Å²) in [6.07, 6.45) is 5.42. The van der Waals surface area contributed by atoms with Gasteiger partial charge in [-0.15, -0.1) is 0 Å². The zero-order chi connectivity index (χ0) is 21.6. The topological polar surface area (TPSA) is 59.5 Å². The molecule has 0 N–H and O–H groups in total. The van der Waals surface area contributed by atoms with E-state index >= 15 is 0 Å². The van der Waals surface area contributed by atoms with Crippen LogP contribution >= 0.6 is 0 Å². The summed E-state index contributed by atoms with van der Waals surface area (Å²) in [6.45, 7) is 2.62. The quantitative estimate of drug-likeness (QED) is 0.646. The van der Waals surface area contributed by atoms with Crippen molar-refractivity contribution in [2.24, 2.45) is 5.41 Å². The molecule has 3 rings (SSSR count). The number of nitrogens with zero attached hydrogens (tertiary/aromatic N) is 2. The van der Waals surface area contributed by atoms with E-state index in [-0.39, 0.29) is 31.0 Å². The number of amides is 1. The van der Waals surface area contributed by atoms with Crippen LogP contribution in [0.5, 0.6) is 0 Å². The number of carbonyl (C=O) groups excluding carboxylic acids is 2. The summed E-state index contributed by atoms with van der Waals surface area (Å²) in [5.41, 5.74) is 0.218. The average molecular weight is 416 g/mol. The van der Waals surface area contributed by atoms with Crippen molar-refractivity contribution in [3.05, 3.63) is 65.5 Å². The number of aryl methyl sites for hydroxylation is 1. The molecule has 0 aliphatic carbocycles. The zero-order valence-corrected chi connectivity index (χ0v) is 17.1.